The summed E-state index contributed by atoms with van der Waals surface area (Å²) in [5, 5.41) is 6.11. The molecule has 0 amide bonds. The Balaban J connectivity index is 3.14. The lowest BCUT2D eigenvalue weighted by atomic mass is 10.1. The Morgan fingerprint density at radius 1 is 1.17 bits per heavy atom. The van der Waals surface area contributed by atoms with Gasteiger partial charge in [-0.2, -0.15) is 5.10 Å². The van der Waals surface area contributed by atoms with Crippen molar-refractivity contribution in [3.8, 4) is 0 Å². The van der Waals surface area contributed by atoms with Crippen LogP contribution >= 0.6 is 0 Å². The Hall–Kier alpha value is -2.75. The summed E-state index contributed by atoms with van der Waals surface area (Å²) in [6.45, 7) is 15.5. The first-order valence-corrected chi connectivity index (χ1v) is 7.75. The lowest BCUT2D eigenvalue weighted by molar-refractivity contribution is -0.106. The van der Waals surface area contributed by atoms with Gasteiger partial charge in [0.15, 0.2) is 0 Å². The van der Waals surface area contributed by atoms with Crippen LogP contribution in [0.15, 0.2) is 65.4 Å². The van der Waals surface area contributed by atoms with Gasteiger partial charge >= 0.3 is 0 Å². The average Bonchev–Trinajstić information content (AvgIpc) is 2.55. The summed E-state index contributed by atoms with van der Waals surface area (Å²) in [5.41, 5.74) is 5.42. The lowest BCUT2D eigenvalue weighted by Crippen LogP contribution is -2.20. The summed E-state index contributed by atoms with van der Waals surface area (Å²) < 4.78 is 0. The minimum absolute atomic E-state index is 0.188. The van der Waals surface area contributed by atoms with Crippen LogP contribution in [0, 0.1) is 0 Å². The molecule has 0 atom stereocenters. The van der Waals surface area contributed by atoms with Gasteiger partial charge in [0.1, 0.15) is 6.29 Å². The molecule has 0 aromatic heterocycles. The van der Waals surface area contributed by atoms with E-state index in [0.29, 0.717) is 0 Å². The maximum absolute atomic E-state index is 10.9. The second-order valence-electron chi connectivity index (χ2n) is 5.63. The number of hydrogen-bond acceptors (Lipinski definition) is 4. The van der Waals surface area contributed by atoms with Crippen LogP contribution in [0.25, 0.3) is 5.57 Å². The summed E-state index contributed by atoms with van der Waals surface area (Å²) in [5.74, 6) is 0. The van der Waals surface area contributed by atoms with Crippen molar-refractivity contribution in [3.63, 3.8) is 0 Å². The maximum atomic E-state index is 10.9. The molecule has 24 heavy (non-hydrogen) atoms. The van der Waals surface area contributed by atoms with E-state index in [1.165, 1.54) is 0 Å². The van der Waals surface area contributed by atoms with Crippen LogP contribution in [0.1, 0.15) is 33.3 Å². The first-order chi connectivity index (χ1) is 11.4. The van der Waals surface area contributed by atoms with Crippen molar-refractivity contribution in [1.29, 1.82) is 0 Å². The van der Waals surface area contributed by atoms with Gasteiger partial charge in [-0.3, -0.25) is 10.0 Å². The van der Waals surface area contributed by atoms with Crippen molar-refractivity contribution < 1.29 is 4.79 Å². The molecule has 4 nitrogen and oxygen atoms in total. The minimum Gasteiger partial charge on any atom is -0.301 e. The molecule has 0 N–H and O–H groups in total. The van der Waals surface area contributed by atoms with Crippen molar-refractivity contribution in [3.05, 3.63) is 60.8 Å². The Kier molecular flexibility index (Phi) is 7.56. The predicted octanol–water partition coefficient (Wildman–Crippen LogP) is 4.65. The van der Waals surface area contributed by atoms with E-state index >= 15 is 0 Å². The summed E-state index contributed by atoms with van der Waals surface area (Å²) >= 11 is 0. The number of benzene rings is 1. The largest absolute Gasteiger partial charge is 0.301 e. The topological polar surface area (TPSA) is 45.0 Å². The van der Waals surface area contributed by atoms with Gasteiger partial charge < -0.3 is 4.79 Å². The van der Waals surface area contributed by atoms with Crippen LogP contribution in [0.2, 0.25) is 0 Å². The third-order valence-electron chi connectivity index (χ3n) is 3.32. The summed E-state index contributed by atoms with van der Waals surface area (Å²) in [6, 6.07) is 7.78. The van der Waals surface area contributed by atoms with E-state index in [1.54, 1.807) is 17.3 Å². The zero-order valence-corrected chi connectivity index (χ0v) is 14.9. The number of allylic oxidation sites excluding steroid dienone is 3. The van der Waals surface area contributed by atoms with Crippen LogP contribution in [0.5, 0.6) is 0 Å². The predicted molar refractivity (Wildman–Crippen MR) is 105 cm³/mol. The van der Waals surface area contributed by atoms with E-state index in [0.717, 1.165) is 40.1 Å². The lowest BCUT2D eigenvalue weighted by Gasteiger charge is -2.18. The van der Waals surface area contributed by atoms with E-state index in [1.807, 2.05) is 52.0 Å². The molecule has 1 rings (SSSR count). The highest BCUT2D eigenvalue weighted by Gasteiger charge is 2.06. The number of aldehydes is 1. The van der Waals surface area contributed by atoms with E-state index in [2.05, 4.69) is 23.3 Å². The van der Waals surface area contributed by atoms with Crippen molar-refractivity contribution in [2.45, 2.75) is 27.7 Å². The van der Waals surface area contributed by atoms with Crippen LogP contribution in [0.3, 0.4) is 0 Å². The van der Waals surface area contributed by atoms with Gasteiger partial charge in [0.2, 0.25) is 0 Å². The average molecular weight is 323 g/mol. The zero-order chi connectivity index (χ0) is 18.1. The number of carbonyl (C=O) groups excluding carboxylic acids is 1. The van der Waals surface area contributed by atoms with E-state index in [-0.39, 0.29) is 6.54 Å². The number of carbonyl (C=O) groups is 1. The van der Waals surface area contributed by atoms with Crippen LogP contribution in [-0.2, 0) is 4.79 Å². The Bertz CT molecular complexity index is 690. The number of nitrogens with zero attached hydrogens (tertiary/aromatic N) is 3. The molecular weight excluding hydrogens is 298 g/mol. The molecule has 1 aromatic rings. The van der Waals surface area contributed by atoms with E-state index < -0.39 is 0 Å². The molecule has 0 unspecified atom stereocenters. The molecule has 0 fully saturated rings. The van der Waals surface area contributed by atoms with Crippen LogP contribution in [0.4, 0.5) is 5.69 Å². The molecule has 0 aliphatic carbocycles. The second-order valence-corrected chi connectivity index (χ2v) is 5.63. The zero-order valence-electron chi connectivity index (χ0n) is 14.9. The van der Waals surface area contributed by atoms with E-state index in [4.69, 9.17) is 0 Å². The number of hydrazone groups is 1. The number of aliphatic imine (C=N–C) groups is 1. The molecule has 0 aliphatic heterocycles. The molecule has 0 saturated heterocycles. The fourth-order valence-corrected chi connectivity index (χ4v) is 1.81. The summed E-state index contributed by atoms with van der Waals surface area (Å²) in [4.78, 5) is 15.3. The number of hydrogen-bond donors (Lipinski definition) is 0. The molecule has 126 valence electrons. The van der Waals surface area contributed by atoms with Gasteiger partial charge in [-0.25, -0.2) is 0 Å². The van der Waals surface area contributed by atoms with Gasteiger partial charge in [0.25, 0.3) is 0 Å². The molecule has 1 aromatic carbocycles. The Labute approximate surface area is 144 Å². The third-order valence-corrected chi connectivity index (χ3v) is 3.32. The molecule has 0 aliphatic rings. The molecule has 0 radical (unpaired) electrons. The standard InChI is InChI=1S/C20H25N3O/c1-7-18(14-21-16(4)5)19-8-10-20(11-9-19)23(12-13-24)22-17(6)15(2)3/h7-11,13-14H,1-2,12H2,3-6H3/b18-14+,22-17+. The molecular formula is C20H25N3O. The first-order valence-electron chi connectivity index (χ1n) is 7.75. The van der Waals surface area contributed by atoms with Gasteiger partial charge in [-0.1, -0.05) is 31.4 Å². The molecule has 0 saturated carbocycles. The minimum atomic E-state index is 0.188. The highest BCUT2D eigenvalue weighted by atomic mass is 16.1. The maximum Gasteiger partial charge on any atom is 0.141 e. The van der Waals surface area contributed by atoms with Crippen molar-refractivity contribution in [1.82, 2.24) is 0 Å². The highest BCUT2D eigenvalue weighted by Crippen LogP contribution is 2.21. The van der Waals surface area contributed by atoms with Crippen molar-refractivity contribution in [2.75, 3.05) is 11.6 Å². The normalized spacial score (nSPS) is 11.7. The fraction of sp³-hybridized carbons (Fsp3) is 0.250. The highest BCUT2D eigenvalue weighted by molar-refractivity contribution is 5.97. The summed E-state index contributed by atoms with van der Waals surface area (Å²) in [7, 11) is 0. The van der Waals surface area contributed by atoms with Crippen molar-refractivity contribution in [2.24, 2.45) is 10.1 Å². The monoisotopic (exact) mass is 323 g/mol. The SMILES string of the molecule is C=C/C(=C\N=C(C)C)c1ccc(N(CC=O)/N=C(\C)C(=C)C)cc1. The molecule has 0 bridgehead atoms. The smallest absolute Gasteiger partial charge is 0.141 e. The van der Waals surface area contributed by atoms with Crippen LogP contribution < -0.4 is 5.01 Å². The number of rotatable bonds is 8. The van der Waals surface area contributed by atoms with E-state index in [9.17, 15) is 4.79 Å². The molecule has 0 spiro atoms. The van der Waals surface area contributed by atoms with Gasteiger partial charge in [-0.05, 0) is 56.5 Å². The van der Waals surface area contributed by atoms with Crippen LogP contribution in [-0.4, -0.2) is 24.3 Å². The summed E-state index contributed by atoms with van der Waals surface area (Å²) in [6.07, 6.45) is 4.40. The Morgan fingerprint density at radius 2 is 1.79 bits per heavy atom. The quantitative estimate of drug-likeness (QED) is 0.302. The van der Waals surface area contributed by atoms with Gasteiger partial charge in [0.05, 0.1) is 17.9 Å². The van der Waals surface area contributed by atoms with Crippen molar-refractivity contribution >= 4 is 29.0 Å². The fourth-order valence-electron chi connectivity index (χ4n) is 1.81. The third kappa shape index (κ3) is 5.80. The molecule has 0 heterocycles. The van der Waals surface area contributed by atoms with Gasteiger partial charge in [-0.15, -0.1) is 0 Å². The Morgan fingerprint density at radius 3 is 2.25 bits per heavy atom. The molecule has 4 heteroatoms. The second kappa shape index (κ2) is 9.40. The number of anilines is 1. The van der Waals surface area contributed by atoms with Gasteiger partial charge in [0, 0.05) is 11.9 Å². The first kappa shape index (κ1) is 19.3.